The Labute approximate surface area is 112 Å². The van der Waals surface area contributed by atoms with Crippen molar-refractivity contribution >= 4 is 11.5 Å². The number of nitrogens with zero attached hydrogens (tertiary/aromatic N) is 1. The van der Waals surface area contributed by atoms with Crippen LogP contribution in [0.3, 0.4) is 0 Å². The van der Waals surface area contributed by atoms with E-state index in [1.54, 1.807) is 36.5 Å². The number of carbonyl (C=O) groups is 1. The largest absolute Gasteiger partial charge is 0.493 e. The molecule has 4 nitrogen and oxygen atoms in total. The topological polar surface area (TPSA) is 65.2 Å². The van der Waals surface area contributed by atoms with Crippen molar-refractivity contribution in [3.63, 3.8) is 0 Å². The number of hydrogen-bond acceptors (Lipinski definition) is 4. The van der Waals surface area contributed by atoms with Crippen LogP contribution in [0.4, 0.5) is 5.69 Å². The maximum Gasteiger partial charge on any atom is 0.217 e. The van der Waals surface area contributed by atoms with Gasteiger partial charge in [-0.15, -0.1) is 0 Å². The number of rotatable bonds is 5. The zero-order valence-corrected chi connectivity index (χ0v) is 10.8. The molecule has 2 rings (SSSR count). The van der Waals surface area contributed by atoms with Gasteiger partial charge in [0, 0.05) is 6.20 Å². The lowest BCUT2D eigenvalue weighted by atomic mass is 10.1. The SMILES string of the molecule is CCCOc1ccccc1C(=O)c1ncccc1N. The van der Waals surface area contributed by atoms with Gasteiger partial charge in [0.25, 0.3) is 0 Å². The normalized spacial score (nSPS) is 10.2. The van der Waals surface area contributed by atoms with Crippen LogP contribution >= 0.6 is 0 Å². The molecule has 0 spiro atoms. The molecular weight excluding hydrogens is 240 g/mol. The Bertz CT molecular complexity index is 582. The Kier molecular flexibility index (Phi) is 4.13. The Morgan fingerprint density at radius 2 is 2.05 bits per heavy atom. The van der Waals surface area contributed by atoms with Crippen LogP contribution in [0.25, 0.3) is 0 Å². The van der Waals surface area contributed by atoms with Gasteiger partial charge in [0.05, 0.1) is 17.9 Å². The van der Waals surface area contributed by atoms with E-state index in [-0.39, 0.29) is 11.5 Å². The van der Waals surface area contributed by atoms with Crippen molar-refractivity contribution in [2.45, 2.75) is 13.3 Å². The van der Waals surface area contributed by atoms with Crippen molar-refractivity contribution in [3.8, 4) is 5.75 Å². The fourth-order valence-electron chi connectivity index (χ4n) is 1.73. The van der Waals surface area contributed by atoms with E-state index < -0.39 is 0 Å². The van der Waals surface area contributed by atoms with Crippen molar-refractivity contribution in [2.75, 3.05) is 12.3 Å². The van der Waals surface area contributed by atoms with E-state index in [1.807, 2.05) is 13.0 Å². The van der Waals surface area contributed by atoms with E-state index >= 15 is 0 Å². The van der Waals surface area contributed by atoms with Crippen LogP contribution in [0.15, 0.2) is 42.6 Å². The molecule has 0 amide bonds. The van der Waals surface area contributed by atoms with Crippen LogP contribution in [-0.4, -0.2) is 17.4 Å². The van der Waals surface area contributed by atoms with Gasteiger partial charge in [-0.2, -0.15) is 0 Å². The second kappa shape index (κ2) is 6.00. The monoisotopic (exact) mass is 256 g/mol. The third kappa shape index (κ3) is 2.91. The molecule has 0 aliphatic carbocycles. The molecule has 0 atom stereocenters. The summed E-state index contributed by atoms with van der Waals surface area (Å²) in [5.74, 6) is 0.351. The number of anilines is 1. The van der Waals surface area contributed by atoms with Gasteiger partial charge in [0.15, 0.2) is 0 Å². The first kappa shape index (κ1) is 13.1. The van der Waals surface area contributed by atoms with E-state index in [4.69, 9.17) is 10.5 Å². The molecule has 0 saturated carbocycles. The first-order chi connectivity index (χ1) is 9.24. The molecule has 1 aromatic heterocycles. The first-order valence-corrected chi connectivity index (χ1v) is 6.21. The lowest BCUT2D eigenvalue weighted by Gasteiger charge is -2.10. The minimum absolute atomic E-state index is 0.218. The average Bonchev–Trinajstić information content (AvgIpc) is 2.45. The Morgan fingerprint density at radius 3 is 2.79 bits per heavy atom. The third-order valence-electron chi connectivity index (χ3n) is 2.65. The molecule has 1 aromatic carbocycles. The molecule has 2 aromatic rings. The molecule has 0 radical (unpaired) electrons. The van der Waals surface area contributed by atoms with Crippen molar-refractivity contribution < 1.29 is 9.53 Å². The van der Waals surface area contributed by atoms with Gasteiger partial charge in [0.2, 0.25) is 5.78 Å². The molecule has 4 heteroatoms. The van der Waals surface area contributed by atoms with Gasteiger partial charge in [-0.25, -0.2) is 0 Å². The number of nitrogens with two attached hydrogens (primary N) is 1. The standard InChI is InChI=1S/C15H16N2O2/c1-2-10-19-13-8-4-3-6-11(13)15(18)14-12(16)7-5-9-17-14/h3-9H,2,10,16H2,1H3. The van der Waals surface area contributed by atoms with Gasteiger partial charge >= 0.3 is 0 Å². The summed E-state index contributed by atoms with van der Waals surface area (Å²) in [4.78, 5) is 16.5. The summed E-state index contributed by atoms with van der Waals surface area (Å²) < 4.78 is 5.58. The predicted octanol–water partition coefficient (Wildman–Crippen LogP) is 2.68. The quantitative estimate of drug-likeness (QED) is 0.835. The van der Waals surface area contributed by atoms with Crippen molar-refractivity contribution in [1.82, 2.24) is 4.98 Å². The van der Waals surface area contributed by atoms with Gasteiger partial charge in [-0.3, -0.25) is 9.78 Å². The van der Waals surface area contributed by atoms with Crippen LogP contribution in [-0.2, 0) is 0 Å². The fraction of sp³-hybridized carbons (Fsp3) is 0.200. The number of hydrogen-bond donors (Lipinski definition) is 1. The fourth-order valence-corrected chi connectivity index (χ4v) is 1.73. The number of aromatic nitrogens is 1. The molecule has 0 unspecified atom stereocenters. The minimum atomic E-state index is -0.218. The third-order valence-corrected chi connectivity index (χ3v) is 2.65. The zero-order valence-electron chi connectivity index (χ0n) is 10.8. The molecule has 98 valence electrons. The number of ketones is 1. The second-order valence-corrected chi connectivity index (χ2v) is 4.11. The van der Waals surface area contributed by atoms with E-state index in [1.165, 1.54) is 0 Å². The van der Waals surface area contributed by atoms with Gasteiger partial charge in [-0.05, 0) is 30.7 Å². The van der Waals surface area contributed by atoms with Crippen LogP contribution in [0.5, 0.6) is 5.75 Å². The highest BCUT2D eigenvalue weighted by Crippen LogP contribution is 2.23. The highest BCUT2D eigenvalue weighted by Gasteiger charge is 2.17. The number of benzene rings is 1. The predicted molar refractivity (Wildman–Crippen MR) is 74.3 cm³/mol. The summed E-state index contributed by atoms with van der Waals surface area (Å²) in [6.07, 6.45) is 2.44. The Hall–Kier alpha value is -2.36. The van der Waals surface area contributed by atoms with E-state index in [0.29, 0.717) is 23.6 Å². The van der Waals surface area contributed by atoms with Crippen molar-refractivity contribution in [1.29, 1.82) is 0 Å². The molecule has 0 aliphatic rings. The molecule has 19 heavy (non-hydrogen) atoms. The Balaban J connectivity index is 2.36. The minimum Gasteiger partial charge on any atom is -0.493 e. The number of nitrogen functional groups attached to an aromatic ring is 1. The zero-order chi connectivity index (χ0) is 13.7. The van der Waals surface area contributed by atoms with Gasteiger partial charge < -0.3 is 10.5 Å². The van der Waals surface area contributed by atoms with E-state index in [2.05, 4.69) is 4.98 Å². The summed E-state index contributed by atoms with van der Waals surface area (Å²) in [7, 11) is 0. The lowest BCUT2D eigenvalue weighted by Crippen LogP contribution is -2.10. The molecule has 0 saturated heterocycles. The summed E-state index contributed by atoms with van der Waals surface area (Å²) in [5, 5.41) is 0. The molecular formula is C15H16N2O2. The highest BCUT2D eigenvalue weighted by atomic mass is 16.5. The maximum atomic E-state index is 12.4. The van der Waals surface area contributed by atoms with Crippen LogP contribution < -0.4 is 10.5 Å². The summed E-state index contributed by atoms with van der Waals surface area (Å²) in [6, 6.07) is 10.5. The smallest absolute Gasteiger partial charge is 0.217 e. The summed E-state index contributed by atoms with van der Waals surface area (Å²) in [6.45, 7) is 2.59. The molecule has 2 N–H and O–H groups in total. The average molecular weight is 256 g/mol. The summed E-state index contributed by atoms with van der Waals surface area (Å²) >= 11 is 0. The Morgan fingerprint density at radius 1 is 1.26 bits per heavy atom. The number of pyridine rings is 1. The summed E-state index contributed by atoms with van der Waals surface area (Å²) in [5.41, 5.74) is 6.90. The number of para-hydroxylation sites is 1. The maximum absolute atomic E-state index is 12.4. The second-order valence-electron chi connectivity index (χ2n) is 4.11. The van der Waals surface area contributed by atoms with Crippen LogP contribution in [0, 0.1) is 0 Å². The first-order valence-electron chi connectivity index (χ1n) is 6.21. The van der Waals surface area contributed by atoms with Crippen LogP contribution in [0.2, 0.25) is 0 Å². The van der Waals surface area contributed by atoms with E-state index in [9.17, 15) is 4.79 Å². The van der Waals surface area contributed by atoms with E-state index in [0.717, 1.165) is 6.42 Å². The molecule has 0 bridgehead atoms. The van der Waals surface area contributed by atoms with Crippen LogP contribution in [0.1, 0.15) is 29.4 Å². The number of carbonyl (C=O) groups excluding carboxylic acids is 1. The molecule has 0 fully saturated rings. The highest BCUT2D eigenvalue weighted by molar-refractivity contribution is 6.12. The van der Waals surface area contributed by atoms with Crippen molar-refractivity contribution in [3.05, 3.63) is 53.9 Å². The molecule has 1 heterocycles. The van der Waals surface area contributed by atoms with Gasteiger partial charge in [-0.1, -0.05) is 19.1 Å². The van der Waals surface area contributed by atoms with Crippen molar-refractivity contribution in [2.24, 2.45) is 0 Å². The lowest BCUT2D eigenvalue weighted by molar-refractivity contribution is 0.103. The number of ether oxygens (including phenoxy) is 1. The van der Waals surface area contributed by atoms with Gasteiger partial charge in [0.1, 0.15) is 11.4 Å². The molecule has 0 aliphatic heterocycles.